The molecule has 0 spiro atoms. The first kappa shape index (κ1) is 11.9. The molecule has 0 atom stereocenters. The molecule has 1 N–H and O–H groups in total. The molecule has 0 saturated carbocycles. The van der Waals surface area contributed by atoms with E-state index < -0.39 is 10.1 Å². The molecule has 1 rings (SSSR count). The Morgan fingerprint density at radius 2 is 2.13 bits per heavy atom. The molecule has 1 aromatic rings. The predicted octanol–water partition coefficient (Wildman–Crippen LogP) is 1.17. The smallest absolute Gasteiger partial charge is 0.296 e. The monoisotopic (exact) mass is 230 g/mol. The van der Waals surface area contributed by atoms with Gasteiger partial charge in [0.25, 0.3) is 10.1 Å². The molecule has 84 valence electrons. The lowest BCUT2D eigenvalue weighted by Gasteiger charge is -2.16. The highest BCUT2D eigenvalue weighted by atomic mass is 32.2. The summed E-state index contributed by atoms with van der Waals surface area (Å²) < 4.78 is 30.2. The Morgan fingerprint density at radius 1 is 1.47 bits per heavy atom. The van der Waals surface area contributed by atoms with Crippen molar-refractivity contribution in [2.75, 3.05) is 18.5 Å². The summed E-state index contributed by atoms with van der Waals surface area (Å²) in [6, 6.07) is 2.91. The van der Waals surface area contributed by atoms with Gasteiger partial charge in [-0.05, 0) is 18.6 Å². The Labute approximate surface area is 89.5 Å². The fourth-order valence-corrected chi connectivity index (χ4v) is 1.63. The van der Waals surface area contributed by atoms with Gasteiger partial charge in [-0.25, -0.2) is 4.98 Å². The molecule has 0 unspecified atom stereocenters. The Kier molecular flexibility index (Phi) is 3.65. The van der Waals surface area contributed by atoms with E-state index in [1.807, 2.05) is 18.9 Å². The zero-order valence-electron chi connectivity index (χ0n) is 8.71. The van der Waals surface area contributed by atoms with Crippen LogP contribution in [0.5, 0.6) is 0 Å². The van der Waals surface area contributed by atoms with Gasteiger partial charge in [0.1, 0.15) is 10.7 Å². The predicted molar refractivity (Wildman–Crippen MR) is 57.6 cm³/mol. The lowest BCUT2D eigenvalue weighted by Crippen LogP contribution is -2.19. The molecular formula is C9H14N2O3S. The van der Waals surface area contributed by atoms with Crippen LogP contribution in [0.15, 0.2) is 23.2 Å². The Hall–Kier alpha value is -1.14. The van der Waals surface area contributed by atoms with Crippen LogP contribution in [0.4, 0.5) is 5.82 Å². The summed E-state index contributed by atoms with van der Waals surface area (Å²) in [7, 11) is -2.26. The van der Waals surface area contributed by atoms with Crippen molar-refractivity contribution in [1.29, 1.82) is 0 Å². The highest BCUT2D eigenvalue weighted by Gasteiger charge is 2.10. The molecule has 5 nitrogen and oxygen atoms in total. The number of pyridine rings is 1. The van der Waals surface area contributed by atoms with Crippen molar-refractivity contribution in [2.45, 2.75) is 18.2 Å². The summed E-state index contributed by atoms with van der Waals surface area (Å²) in [6.07, 6.45) is 2.13. The zero-order valence-corrected chi connectivity index (χ0v) is 9.53. The average Bonchev–Trinajstić information content (AvgIpc) is 2.17. The standard InChI is InChI=1S/C9H14N2O3S/c1-3-6-11(2)9-5-4-8(7-10-9)15(12,13)14/h4-5,7H,3,6H2,1-2H3,(H,12,13,14). The van der Waals surface area contributed by atoms with E-state index in [0.29, 0.717) is 5.82 Å². The van der Waals surface area contributed by atoms with E-state index in [-0.39, 0.29) is 4.90 Å². The van der Waals surface area contributed by atoms with Gasteiger partial charge in [0.15, 0.2) is 0 Å². The summed E-state index contributed by atoms with van der Waals surface area (Å²) in [4.78, 5) is 5.68. The van der Waals surface area contributed by atoms with Crippen LogP contribution < -0.4 is 4.90 Å². The molecule has 0 aliphatic carbocycles. The average molecular weight is 230 g/mol. The molecule has 6 heteroatoms. The molecule has 0 aromatic carbocycles. The fraction of sp³-hybridized carbons (Fsp3) is 0.444. The normalized spacial score (nSPS) is 11.4. The second kappa shape index (κ2) is 4.59. The molecule has 0 saturated heterocycles. The van der Waals surface area contributed by atoms with Gasteiger partial charge < -0.3 is 4.90 Å². The van der Waals surface area contributed by atoms with Crippen molar-refractivity contribution in [2.24, 2.45) is 0 Å². The van der Waals surface area contributed by atoms with Crippen molar-refractivity contribution in [3.8, 4) is 0 Å². The first-order chi connectivity index (χ1) is 6.95. The van der Waals surface area contributed by atoms with E-state index in [9.17, 15) is 8.42 Å². The molecule has 0 aliphatic heterocycles. The molecule has 0 radical (unpaired) electrons. The van der Waals surface area contributed by atoms with E-state index in [1.54, 1.807) is 6.07 Å². The van der Waals surface area contributed by atoms with Crippen LogP contribution in [0, 0.1) is 0 Å². The second-order valence-electron chi connectivity index (χ2n) is 3.25. The van der Waals surface area contributed by atoms with E-state index in [4.69, 9.17) is 4.55 Å². The molecule has 0 bridgehead atoms. The van der Waals surface area contributed by atoms with Gasteiger partial charge >= 0.3 is 0 Å². The zero-order chi connectivity index (χ0) is 11.5. The van der Waals surface area contributed by atoms with Crippen molar-refractivity contribution in [3.63, 3.8) is 0 Å². The molecule has 1 aromatic heterocycles. The van der Waals surface area contributed by atoms with Gasteiger partial charge in [0.05, 0.1) is 6.20 Å². The van der Waals surface area contributed by atoms with Crippen LogP contribution in [0.25, 0.3) is 0 Å². The van der Waals surface area contributed by atoms with Gasteiger partial charge in [0.2, 0.25) is 0 Å². The number of anilines is 1. The first-order valence-electron chi connectivity index (χ1n) is 4.60. The molecule has 0 amide bonds. The summed E-state index contributed by atoms with van der Waals surface area (Å²) in [5.74, 6) is 0.684. The highest BCUT2D eigenvalue weighted by molar-refractivity contribution is 7.85. The Balaban J connectivity index is 2.90. The van der Waals surface area contributed by atoms with Crippen molar-refractivity contribution in [1.82, 2.24) is 4.98 Å². The van der Waals surface area contributed by atoms with Crippen molar-refractivity contribution in [3.05, 3.63) is 18.3 Å². The third kappa shape index (κ3) is 3.17. The quantitative estimate of drug-likeness (QED) is 0.786. The number of hydrogen-bond donors (Lipinski definition) is 1. The Morgan fingerprint density at radius 3 is 2.53 bits per heavy atom. The number of hydrogen-bond acceptors (Lipinski definition) is 4. The summed E-state index contributed by atoms with van der Waals surface area (Å²) in [6.45, 7) is 2.89. The molecule has 0 aliphatic rings. The van der Waals surface area contributed by atoms with E-state index in [1.165, 1.54) is 6.07 Å². The minimum Gasteiger partial charge on any atom is -0.360 e. The van der Waals surface area contributed by atoms with Gasteiger partial charge in [-0.3, -0.25) is 4.55 Å². The number of rotatable bonds is 4. The van der Waals surface area contributed by atoms with Crippen LogP contribution in [-0.4, -0.2) is 31.5 Å². The second-order valence-corrected chi connectivity index (χ2v) is 4.67. The van der Waals surface area contributed by atoms with E-state index in [2.05, 4.69) is 4.98 Å². The minimum absolute atomic E-state index is 0.184. The maximum absolute atomic E-state index is 10.7. The van der Waals surface area contributed by atoms with Crippen molar-refractivity contribution < 1.29 is 13.0 Å². The summed E-state index contributed by atoms with van der Waals surface area (Å²) >= 11 is 0. The van der Waals surface area contributed by atoms with Gasteiger partial charge in [0, 0.05) is 13.6 Å². The van der Waals surface area contributed by atoms with Crippen LogP contribution >= 0.6 is 0 Å². The fourth-order valence-electron chi connectivity index (χ4n) is 1.20. The van der Waals surface area contributed by atoms with Crippen LogP contribution in [0.2, 0.25) is 0 Å². The van der Waals surface area contributed by atoms with E-state index in [0.717, 1.165) is 19.2 Å². The Bertz CT molecular complexity index is 413. The van der Waals surface area contributed by atoms with Gasteiger partial charge in [-0.15, -0.1) is 0 Å². The van der Waals surface area contributed by atoms with E-state index >= 15 is 0 Å². The first-order valence-corrected chi connectivity index (χ1v) is 6.04. The lowest BCUT2D eigenvalue weighted by atomic mass is 10.4. The third-order valence-electron chi connectivity index (χ3n) is 1.97. The highest BCUT2D eigenvalue weighted by Crippen LogP contribution is 2.12. The summed E-state index contributed by atoms with van der Waals surface area (Å²) in [5, 5.41) is 0. The van der Waals surface area contributed by atoms with Crippen LogP contribution in [0.3, 0.4) is 0 Å². The summed E-state index contributed by atoms with van der Waals surface area (Å²) in [5.41, 5.74) is 0. The molecule has 1 heterocycles. The van der Waals surface area contributed by atoms with Gasteiger partial charge in [-0.2, -0.15) is 8.42 Å². The van der Waals surface area contributed by atoms with Gasteiger partial charge in [-0.1, -0.05) is 6.92 Å². The molecule has 0 fully saturated rings. The van der Waals surface area contributed by atoms with Crippen molar-refractivity contribution >= 4 is 15.9 Å². The molecular weight excluding hydrogens is 216 g/mol. The van der Waals surface area contributed by atoms with Crippen LogP contribution in [-0.2, 0) is 10.1 Å². The molecule has 15 heavy (non-hydrogen) atoms. The number of aromatic nitrogens is 1. The maximum atomic E-state index is 10.7. The number of nitrogens with zero attached hydrogens (tertiary/aromatic N) is 2. The lowest BCUT2D eigenvalue weighted by molar-refractivity contribution is 0.483. The third-order valence-corrected chi connectivity index (χ3v) is 2.81. The largest absolute Gasteiger partial charge is 0.360 e. The van der Waals surface area contributed by atoms with Crippen LogP contribution in [0.1, 0.15) is 13.3 Å². The topological polar surface area (TPSA) is 70.5 Å². The minimum atomic E-state index is -4.14. The maximum Gasteiger partial charge on any atom is 0.296 e. The SMILES string of the molecule is CCCN(C)c1ccc(S(=O)(=O)O)cn1.